The summed E-state index contributed by atoms with van der Waals surface area (Å²) in [5.74, 6) is 0.0989. The van der Waals surface area contributed by atoms with E-state index >= 15 is 0 Å². The van der Waals surface area contributed by atoms with Gasteiger partial charge in [0.25, 0.3) is 0 Å². The predicted octanol–water partition coefficient (Wildman–Crippen LogP) is 3.38. The highest BCUT2D eigenvalue weighted by Gasteiger charge is 2.59. The van der Waals surface area contributed by atoms with Gasteiger partial charge in [0.05, 0.1) is 18.3 Å². The Labute approximate surface area is 135 Å². The normalized spacial score (nSPS) is 35.3. The summed E-state index contributed by atoms with van der Waals surface area (Å²) in [7, 11) is 0. The molecule has 0 aromatic heterocycles. The molecule has 2 saturated heterocycles. The number of benzene rings is 1. The van der Waals surface area contributed by atoms with Gasteiger partial charge in [0.15, 0.2) is 0 Å². The Kier molecular flexibility index (Phi) is 3.59. The Balaban J connectivity index is 1.69. The summed E-state index contributed by atoms with van der Waals surface area (Å²) in [5, 5.41) is 11.3. The van der Waals surface area contributed by atoms with Crippen LogP contribution in [0.25, 0.3) is 0 Å². The first-order chi connectivity index (χ1) is 10.6. The molecule has 1 unspecified atom stereocenters. The van der Waals surface area contributed by atoms with Crippen LogP contribution in [-0.4, -0.2) is 36.0 Å². The fourth-order valence-corrected chi connectivity index (χ4v) is 4.46. The third-order valence-electron chi connectivity index (χ3n) is 5.62. The molecule has 1 aliphatic carbocycles. The number of nitrogens with zero attached hydrogens (tertiary/aromatic N) is 1. The maximum atomic E-state index is 14.4. The van der Waals surface area contributed by atoms with Crippen molar-refractivity contribution < 1.29 is 14.2 Å². The number of aliphatic hydroxyl groups is 1. The van der Waals surface area contributed by atoms with Crippen molar-refractivity contribution in [2.75, 3.05) is 18.1 Å². The number of ether oxygens (including phenoxy) is 1. The molecule has 0 bridgehead atoms. The van der Waals surface area contributed by atoms with Gasteiger partial charge in [-0.2, -0.15) is 0 Å². The molecule has 4 rings (SSSR count). The van der Waals surface area contributed by atoms with Gasteiger partial charge in [-0.15, -0.1) is 0 Å². The van der Waals surface area contributed by atoms with Crippen LogP contribution >= 0.6 is 11.6 Å². The Bertz CT molecular complexity index is 572. The summed E-state index contributed by atoms with van der Waals surface area (Å²) in [5.41, 5.74) is 0.183. The minimum Gasteiger partial charge on any atom is -0.388 e. The van der Waals surface area contributed by atoms with E-state index in [1.807, 2.05) is 0 Å². The van der Waals surface area contributed by atoms with Crippen LogP contribution in [0, 0.1) is 11.7 Å². The smallest absolute Gasteiger partial charge is 0.147 e. The van der Waals surface area contributed by atoms with Crippen molar-refractivity contribution in [1.82, 2.24) is 0 Å². The highest BCUT2D eigenvalue weighted by Crippen LogP contribution is 2.47. The van der Waals surface area contributed by atoms with E-state index in [4.69, 9.17) is 16.3 Å². The van der Waals surface area contributed by atoms with E-state index in [0.29, 0.717) is 23.2 Å². The molecule has 1 aromatic carbocycles. The molecule has 2 aliphatic heterocycles. The average molecular weight is 326 g/mol. The molecule has 120 valence electrons. The second kappa shape index (κ2) is 5.36. The lowest BCUT2D eigenvalue weighted by Crippen LogP contribution is -2.59. The predicted molar refractivity (Wildman–Crippen MR) is 83.8 cm³/mol. The molecule has 3 aliphatic rings. The highest BCUT2D eigenvalue weighted by molar-refractivity contribution is 6.30. The number of hydrogen-bond donors (Lipinski definition) is 1. The summed E-state index contributed by atoms with van der Waals surface area (Å²) in [6.45, 7) is 1.35. The number of rotatable bonds is 2. The van der Waals surface area contributed by atoms with Gasteiger partial charge in [-0.1, -0.05) is 24.4 Å². The minimum absolute atomic E-state index is 0.0607. The molecule has 5 heteroatoms. The van der Waals surface area contributed by atoms with Gasteiger partial charge < -0.3 is 14.7 Å². The van der Waals surface area contributed by atoms with Crippen molar-refractivity contribution >= 4 is 17.3 Å². The lowest BCUT2D eigenvalue weighted by molar-refractivity contribution is 0.0132. The first-order valence-electron chi connectivity index (χ1n) is 8.14. The third-order valence-corrected chi connectivity index (χ3v) is 5.85. The fraction of sp³-hybridized carbons (Fsp3) is 0.647. The average Bonchev–Trinajstić information content (AvgIpc) is 3.06. The highest BCUT2D eigenvalue weighted by atomic mass is 35.5. The van der Waals surface area contributed by atoms with Crippen LogP contribution in [0.2, 0.25) is 5.02 Å². The molecule has 2 heterocycles. The fourth-order valence-electron chi connectivity index (χ4n) is 4.30. The van der Waals surface area contributed by atoms with E-state index < -0.39 is 6.10 Å². The molecule has 0 radical (unpaired) electrons. The number of aliphatic hydroxyl groups excluding tert-OH is 1. The molecular weight excluding hydrogens is 305 g/mol. The van der Waals surface area contributed by atoms with Crippen molar-refractivity contribution in [3.05, 3.63) is 29.0 Å². The SMILES string of the molecule is O[C@@H]1C(C2CCCC2)N(c2ccc(Cl)cc2F)CC[C@@]12CO2. The van der Waals surface area contributed by atoms with Crippen molar-refractivity contribution in [3.63, 3.8) is 0 Å². The molecule has 3 fully saturated rings. The molecule has 3 atom stereocenters. The van der Waals surface area contributed by atoms with Crippen molar-refractivity contribution in [2.45, 2.75) is 49.9 Å². The zero-order valence-corrected chi connectivity index (χ0v) is 13.2. The number of hydrogen-bond acceptors (Lipinski definition) is 3. The Morgan fingerprint density at radius 2 is 2.05 bits per heavy atom. The quantitative estimate of drug-likeness (QED) is 0.847. The van der Waals surface area contributed by atoms with Gasteiger partial charge in [-0.25, -0.2) is 4.39 Å². The lowest BCUT2D eigenvalue weighted by Gasteiger charge is -2.46. The monoisotopic (exact) mass is 325 g/mol. The molecule has 3 nitrogen and oxygen atoms in total. The standard InChI is InChI=1S/C17H21ClFNO2/c18-12-5-6-14(13(19)9-12)20-8-7-17(10-22-17)16(21)15(20)11-3-1-2-4-11/h5-6,9,11,15-16,21H,1-4,7-8,10H2/t15?,16-,17-/m1/s1. The van der Waals surface area contributed by atoms with Crippen molar-refractivity contribution in [3.8, 4) is 0 Å². The van der Waals surface area contributed by atoms with Gasteiger partial charge in [0.2, 0.25) is 0 Å². The van der Waals surface area contributed by atoms with Crippen LogP contribution in [0.3, 0.4) is 0 Å². The molecule has 1 N–H and O–H groups in total. The maximum Gasteiger partial charge on any atom is 0.147 e. The van der Waals surface area contributed by atoms with Crippen LogP contribution in [0.5, 0.6) is 0 Å². The van der Waals surface area contributed by atoms with Crippen LogP contribution in [-0.2, 0) is 4.74 Å². The Morgan fingerprint density at radius 1 is 1.32 bits per heavy atom. The summed E-state index contributed by atoms with van der Waals surface area (Å²) in [6.07, 6.45) is 4.79. The van der Waals surface area contributed by atoms with Gasteiger partial charge in [-0.05, 0) is 43.4 Å². The summed E-state index contributed by atoms with van der Waals surface area (Å²) >= 11 is 5.88. The summed E-state index contributed by atoms with van der Waals surface area (Å²) in [4.78, 5) is 2.05. The van der Waals surface area contributed by atoms with E-state index in [1.165, 1.54) is 18.9 Å². The maximum absolute atomic E-state index is 14.4. The summed E-state index contributed by atoms with van der Waals surface area (Å²) in [6, 6.07) is 4.75. The second-order valence-electron chi connectivity index (χ2n) is 6.87. The molecule has 22 heavy (non-hydrogen) atoms. The zero-order chi connectivity index (χ0) is 15.3. The molecule has 0 amide bonds. The lowest BCUT2D eigenvalue weighted by atomic mass is 9.80. The first-order valence-corrected chi connectivity index (χ1v) is 8.52. The minimum atomic E-state index is -0.542. The first kappa shape index (κ1) is 14.7. The van der Waals surface area contributed by atoms with E-state index in [9.17, 15) is 9.50 Å². The molecular formula is C17H21ClFNO2. The summed E-state index contributed by atoms with van der Waals surface area (Å²) < 4.78 is 20.0. The van der Waals surface area contributed by atoms with Crippen LogP contribution in [0.1, 0.15) is 32.1 Å². The van der Waals surface area contributed by atoms with Gasteiger partial charge in [0.1, 0.15) is 17.5 Å². The van der Waals surface area contributed by atoms with E-state index in [0.717, 1.165) is 25.8 Å². The molecule has 1 saturated carbocycles. The number of halogens is 2. The van der Waals surface area contributed by atoms with Gasteiger partial charge >= 0.3 is 0 Å². The van der Waals surface area contributed by atoms with Crippen LogP contribution in [0.15, 0.2) is 18.2 Å². The van der Waals surface area contributed by atoms with Gasteiger partial charge in [0, 0.05) is 11.6 Å². The molecule has 1 aromatic rings. The number of epoxide rings is 1. The van der Waals surface area contributed by atoms with E-state index in [1.54, 1.807) is 12.1 Å². The van der Waals surface area contributed by atoms with E-state index in [2.05, 4.69) is 4.90 Å². The Hall–Kier alpha value is -0.840. The number of anilines is 1. The number of piperidine rings is 1. The largest absolute Gasteiger partial charge is 0.388 e. The molecule has 1 spiro atoms. The topological polar surface area (TPSA) is 36.0 Å². The van der Waals surface area contributed by atoms with E-state index in [-0.39, 0.29) is 17.5 Å². The van der Waals surface area contributed by atoms with Crippen LogP contribution in [0.4, 0.5) is 10.1 Å². The third kappa shape index (κ3) is 2.32. The van der Waals surface area contributed by atoms with Crippen molar-refractivity contribution in [1.29, 1.82) is 0 Å². The zero-order valence-electron chi connectivity index (χ0n) is 12.5. The van der Waals surface area contributed by atoms with Crippen LogP contribution < -0.4 is 4.90 Å². The second-order valence-corrected chi connectivity index (χ2v) is 7.31. The van der Waals surface area contributed by atoms with Gasteiger partial charge in [-0.3, -0.25) is 0 Å². The van der Waals surface area contributed by atoms with Crippen molar-refractivity contribution in [2.24, 2.45) is 5.92 Å². The Morgan fingerprint density at radius 3 is 2.68 bits per heavy atom.